The Kier molecular flexibility index (Phi) is 4.84. The molecule has 1 fully saturated rings. The van der Waals surface area contributed by atoms with E-state index in [-0.39, 0.29) is 19.1 Å². The fourth-order valence-electron chi connectivity index (χ4n) is 1.97. The maximum absolute atomic E-state index is 12.3. The predicted octanol–water partition coefficient (Wildman–Crippen LogP) is 0.0613. The van der Waals surface area contributed by atoms with Gasteiger partial charge in [0.25, 0.3) is 5.91 Å². The fourth-order valence-corrected chi connectivity index (χ4v) is 1.97. The third-order valence-corrected chi connectivity index (χ3v) is 2.85. The predicted molar refractivity (Wildman–Crippen MR) is 67.7 cm³/mol. The fraction of sp³-hybridized carbons (Fsp3) is 0.538. The Bertz CT molecular complexity index is 438. The molecule has 1 aromatic heterocycles. The number of aliphatic hydroxyl groups is 1. The smallest absolute Gasteiger partial charge is 0.272 e. The maximum atomic E-state index is 12.3. The first kappa shape index (κ1) is 13.9. The number of hydrogen-bond donors (Lipinski definition) is 1. The van der Waals surface area contributed by atoms with E-state index >= 15 is 0 Å². The van der Waals surface area contributed by atoms with Crippen LogP contribution in [0.4, 0.5) is 0 Å². The summed E-state index contributed by atoms with van der Waals surface area (Å²) < 4.78 is 10.2. The van der Waals surface area contributed by atoms with Crippen molar-refractivity contribution in [1.82, 2.24) is 9.88 Å². The molecule has 1 N–H and O–H groups in total. The van der Waals surface area contributed by atoms with Crippen LogP contribution in [0.2, 0.25) is 0 Å². The molecule has 1 saturated heterocycles. The summed E-state index contributed by atoms with van der Waals surface area (Å²) in [6, 6.07) is 5.25. The van der Waals surface area contributed by atoms with Crippen molar-refractivity contribution in [3.05, 3.63) is 29.6 Å². The van der Waals surface area contributed by atoms with Crippen LogP contribution in [0.3, 0.4) is 0 Å². The second-order valence-electron chi connectivity index (χ2n) is 4.43. The van der Waals surface area contributed by atoms with E-state index in [1.54, 1.807) is 30.2 Å². The number of carbonyl (C=O) groups excluding carboxylic acids is 1. The average Bonchev–Trinajstić information content (AvgIpc) is 2.63. The van der Waals surface area contributed by atoms with Gasteiger partial charge in [0, 0.05) is 20.2 Å². The number of carbonyl (C=O) groups is 1. The molecule has 19 heavy (non-hydrogen) atoms. The number of hydrogen-bond acceptors (Lipinski definition) is 5. The van der Waals surface area contributed by atoms with Crippen LogP contribution in [-0.4, -0.2) is 60.4 Å². The SMILES string of the molecule is COCc1cccc(C(=O)N2CCOCC(O)C2)n1. The van der Waals surface area contributed by atoms with E-state index < -0.39 is 6.10 Å². The molecule has 6 heteroatoms. The zero-order valence-corrected chi connectivity index (χ0v) is 10.9. The topological polar surface area (TPSA) is 71.9 Å². The number of rotatable bonds is 3. The molecular formula is C13H18N2O4. The van der Waals surface area contributed by atoms with Crippen LogP contribution >= 0.6 is 0 Å². The Hall–Kier alpha value is -1.50. The zero-order valence-electron chi connectivity index (χ0n) is 10.9. The summed E-state index contributed by atoms with van der Waals surface area (Å²) >= 11 is 0. The van der Waals surface area contributed by atoms with E-state index in [1.807, 2.05) is 0 Å². The monoisotopic (exact) mass is 266 g/mol. The summed E-state index contributed by atoms with van der Waals surface area (Å²) in [6.07, 6.45) is -0.645. The molecule has 104 valence electrons. The van der Waals surface area contributed by atoms with Gasteiger partial charge in [0.15, 0.2) is 0 Å². The largest absolute Gasteiger partial charge is 0.389 e. The van der Waals surface area contributed by atoms with Crippen LogP contribution in [-0.2, 0) is 16.1 Å². The summed E-state index contributed by atoms with van der Waals surface area (Å²) in [5.41, 5.74) is 1.07. The van der Waals surface area contributed by atoms with Gasteiger partial charge >= 0.3 is 0 Å². The molecule has 6 nitrogen and oxygen atoms in total. The van der Waals surface area contributed by atoms with E-state index in [9.17, 15) is 9.90 Å². The molecule has 2 heterocycles. The summed E-state index contributed by atoms with van der Waals surface area (Å²) in [5.74, 6) is -0.192. The van der Waals surface area contributed by atoms with Gasteiger partial charge in [-0.2, -0.15) is 0 Å². The van der Waals surface area contributed by atoms with E-state index in [0.29, 0.717) is 31.1 Å². The lowest BCUT2D eigenvalue weighted by Gasteiger charge is -2.21. The molecule has 1 aliphatic rings. The van der Waals surface area contributed by atoms with Crippen molar-refractivity contribution in [3.8, 4) is 0 Å². The van der Waals surface area contributed by atoms with Gasteiger partial charge in [-0.3, -0.25) is 4.79 Å². The average molecular weight is 266 g/mol. The maximum Gasteiger partial charge on any atom is 0.272 e. The van der Waals surface area contributed by atoms with Gasteiger partial charge in [0.05, 0.1) is 31.6 Å². The number of pyridine rings is 1. The Morgan fingerprint density at radius 1 is 1.63 bits per heavy atom. The summed E-state index contributed by atoms with van der Waals surface area (Å²) in [5, 5.41) is 9.63. The van der Waals surface area contributed by atoms with Crippen LogP contribution in [0.15, 0.2) is 18.2 Å². The van der Waals surface area contributed by atoms with Crippen molar-refractivity contribution in [2.24, 2.45) is 0 Å². The molecule has 1 amide bonds. The van der Waals surface area contributed by atoms with Crippen LogP contribution in [0, 0.1) is 0 Å². The Balaban J connectivity index is 2.11. The lowest BCUT2D eigenvalue weighted by atomic mass is 10.2. The normalized spacial score (nSPS) is 20.1. The van der Waals surface area contributed by atoms with E-state index in [2.05, 4.69) is 4.98 Å². The number of nitrogens with zero attached hydrogens (tertiary/aromatic N) is 2. The Morgan fingerprint density at radius 2 is 2.47 bits per heavy atom. The van der Waals surface area contributed by atoms with Gasteiger partial charge < -0.3 is 19.5 Å². The highest BCUT2D eigenvalue weighted by molar-refractivity contribution is 5.92. The van der Waals surface area contributed by atoms with Crippen LogP contribution in [0.5, 0.6) is 0 Å². The number of amides is 1. The van der Waals surface area contributed by atoms with E-state index in [0.717, 1.165) is 0 Å². The highest BCUT2D eigenvalue weighted by atomic mass is 16.5. The highest BCUT2D eigenvalue weighted by Gasteiger charge is 2.22. The van der Waals surface area contributed by atoms with Crippen molar-refractivity contribution < 1.29 is 19.4 Å². The lowest BCUT2D eigenvalue weighted by Crippen LogP contribution is -2.38. The minimum atomic E-state index is -0.645. The van der Waals surface area contributed by atoms with Crippen LogP contribution < -0.4 is 0 Å². The molecule has 1 atom stereocenters. The van der Waals surface area contributed by atoms with Crippen molar-refractivity contribution in [1.29, 1.82) is 0 Å². The lowest BCUT2D eigenvalue weighted by molar-refractivity contribution is 0.0532. The molecule has 0 saturated carbocycles. The molecule has 1 unspecified atom stereocenters. The second-order valence-corrected chi connectivity index (χ2v) is 4.43. The summed E-state index contributed by atoms with van der Waals surface area (Å²) in [6.45, 7) is 1.80. The standard InChI is InChI=1S/C13H18N2O4/c1-18-8-10-3-2-4-12(14-10)13(17)15-5-6-19-9-11(16)7-15/h2-4,11,16H,5-9H2,1H3. The van der Waals surface area contributed by atoms with Crippen LogP contribution in [0.1, 0.15) is 16.2 Å². The zero-order chi connectivity index (χ0) is 13.7. The summed E-state index contributed by atoms with van der Waals surface area (Å²) in [4.78, 5) is 18.1. The third-order valence-electron chi connectivity index (χ3n) is 2.85. The number of β-amino-alcohol motifs (C(OH)–C–C–N with tert-alkyl or cyclic N) is 1. The van der Waals surface area contributed by atoms with Crippen molar-refractivity contribution in [3.63, 3.8) is 0 Å². The van der Waals surface area contributed by atoms with Gasteiger partial charge in [0.2, 0.25) is 0 Å². The molecular weight excluding hydrogens is 248 g/mol. The first-order chi connectivity index (χ1) is 9.20. The van der Waals surface area contributed by atoms with Crippen molar-refractivity contribution in [2.75, 3.05) is 33.4 Å². The first-order valence-corrected chi connectivity index (χ1v) is 6.20. The minimum Gasteiger partial charge on any atom is -0.389 e. The molecule has 0 spiro atoms. The van der Waals surface area contributed by atoms with E-state index in [1.165, 1.54) is 0 Å². The van der Waals surface area contributed by atoms with Crippen molar-refractivity contribution in [2.45, 2.75) is 12.7 Å². The number of aromatic nitrogens is 1. The minimum absolute atomic E-state index is 0.192. The number of aliphatic hydroxyl groups excluding tert-OH is 1. The van der Waals surface area contributed by atoms with Gasteiger partial charge in [-0.05, 0) is 12.1 Å². The van der Waals surface area contributed by atoms with Gasteiger partial charge in [-0.1, -0.05) is 6.07 Å². The molecule has 0 aromatic carbocycles. The molecule has 2 rings (SSSR count). The second kappa shape index (κ2) is 6.60. The Morgan fingerprint density at radius 3 is 3.26 bits per heavy atom. The third kappa shape index (κ3) is 3.73. The first-order valence-electron chi connectivity index (χ1n) is 6.20. The van der Waals surface area contributed by atoms with Gasteiger partial charge in [0.1, 0.15) is 5.69 Å². The van der Waals surface area contributed by atoms with Gasteiger partial charge in [-0.25, -0.2) is 4.98 Å². The highest BCUT2D eigenvalue weighted by Crippen LogP contribution is 2.08. The molecule has 0 aliphatic carbocycles. The molecule has 1 aliphatic heterocycles. The van der Waals surface area contributed by atoms with Crippen LogP contribution in [0.25, 0.3) is 0 Å². The molecule has 1 aromatic rings. The molecule has 0 radical (unpaired) electrons. The van der Waals surface area contributed by atoms with Gasteiger partial charge in [-0.15, -0.1) is 0 Å². The Labute approximate surface area is 112 Å². The van der Waals surface area contributed by atoms with Crippen molar-refractivity contribution >= 4 is 5.91 Å². The van der Waals surface area contributed by atoms with E-state index in [4.69, 9.17) is 9.47 Å². The quantitative estimate of drug-likeness (QED) is 0.837. The number of methoxy groups -OCH3 is 1. The summed E-state index contributed by atoms with van der Waals surface area (Å²) in [7, 11) is 1.58. The molecule has 0 bridgehead atoms. The number of ether oxygens (including phenoxy) is 2.